The summed E-state index contributed by atoms with van der Waals surface area (Å²) in [5.41, 5.74) is 0.791. The Balaban J connectivity index is 1.69. The van der Waals surface area contributed by atoms with Crippen molar-refractivity contribution < 1.29 is 36.6 Å². The van der Waals surface area contributed by atoms with Crippen LogP contribution in [0.1, 0.15) is 32.3 Å². The second kappa shape index (κ2) is 14.2. The van der Waals surface area contributed by atoms with E-state index in [0.29, 0.717) is 30.2 Å². The maximum atomic E-state index is 14.0. The molecule has 10 nitrogen and oxygen atoms in total. The first kappa shape index (κ1) is 31.6. The average Bonchev–Trinajstić information content (AvgIpc) is 3.02. The molecule has 3 aromatic rings. The Bertz CT molecular complexity index is 1520. The molecule has 1 heterocycles. The number of amides is 2. The van der Waals surface area contributed by atoms with E-state index in [0.717, 1.165) is 29.3 Å². The molecule has 43 heavy (non-hydrogen) atoms. The number of methoxy groups -OCH3 is 1. The van der Waals surface area contributed by atoms with Gasteiger partial charge in [0.15, 0.2) is 11.5 Å². The van der Waals surface area contributed by atoms with Crippen molar-refractivity contribution >= 4 is 27.5 Å². The fraction of sp³-hybridized carbons (Fsp3) is 0.355. The predicted octanol–water partition coefficient (Wildman–Crippen LogP) is 4.13. The van der Waals surface area contributed by atoms with Crippen LogP contribution >= 0.6 is 0 Å². The van der Waals surface area contributed by atoms with E-state index in [1.54, 1.807) is 38.3 Å². The van der Waals surface area contributed by atoms with E-state index in [1.165, 1.54) is 35.2 Å². The minimum Gasteiger partial charge on any atom is -0.497 e. The van der Waals surface area contributed by atoms with E-state index in [9.17, 15) is 22.4 Å². The summed E-state index contributed by atoms with van der Waals surface area (Å²) < 4.78 is 59.1. The van der Waals surface area contributed by atoms with Crippen LogP contribution in [-0.4, -0.2) is 64.6 Å². The number of hydrogen-bond donors (Lipinski definition) is 1. The summed E-state index contributed by atoms with van der Waals surface area (Å²) in [7, 11) is -2.82. The Hall–Kier alpha value is -4.32. The fourth-order valence-electron chi connectivity index (χ4n) is 4.49. The molecule has 3 aromatic carbocycles. The summed E-state index contributed by atoms with van der Waals surface area (Å²) in [5.74, 6) is -0.262. The molecule has 1 atom stereocenters. The number of fused-ring (bicyclic) bond motifs is 1. The van der Waals surface area contributed by atoms with Gasteiger partial charge in [0, 0.05) is 19.2 Å². The van der Waals surface area contributed by atoms with Gasteiger partial charge in [-0.15, -0.1) is 0 Å². The summed E-state index contributed by atoms with van der Waals surface area (Å²) in [4.78, 5) is 28.3. The number of benzene rings is 3. The van der Waals surface area contributed by atoms with Gasteiger partial charge in [-0.1, -0.05) is 25.5 Å². The number of rotatable bonds is 13. The molecule has 1 unspecified atom stereocenters. The van der Waals surface area contributed by atoms with E-state index in [-0.39, 0.29) is 35.4 Å². The lowest BCUT2D eigenvalue weighted by atomic mass is 10.1. The number of halogens is 1. The lowest BCUT2D eigenvalue weighted by molar-refractivity contribution is -0.139. The van der Waals surface area contributed by atoms with Gasteiger partial charge in [-0.05, 0) is 67.4 Å². The van der Waals surface area contributed by atoms with Gasteiger partial charge in [-0.3, -0.25) is 13.9 Å². The topological polar surface area (TPSA) is 114 Å². The molecule has 12 heteroatoms. The van der Waals surface area contributed by atoms with Gasteiger partial charge >= 0.3 is 0 Å². The highest BCUT2D eigenvalue weighted by Gasteiger charge is 2.33. The molecule has 1 N–H and O–H groups in total. The third-order valence-electron chi connectivity index (χ3n) is 7.00. The van der Waals surface area contributed by atoms with Crippen LogP contribution in [0.25, 0.3) is 0 Å². The monoisotopic (exact) mass is 613 g/mol. The highest BCUT2D eigenvalue weighted by Crippen LogP contribution is 2.34. The zero-order chi connectivity index (χ0) is 31.0. The molecule has 0 fully saturated rings. The van der Waals surface area contributed by atoms with Crippen molar-refractivity contribution in [2.45, 2.75) is 44.2 Å². The minimum absolute atomic E-state index is 0.0342. The van der Waals surface area contributed by atoms with Crippen LogP contribution < -0.4 is 23.8 Å². The summed E-state index contributed by atoms with van der Waals surface area (Å²) in [5, 5.41) is 2.85. The molecular formula is C31H36FN3O7S. The van der Waals surface area contributed by atoms with Crippen LogP contribution in [0, 0.1) is 5.82 Å². The number of unbranched alkanes of at least 4 members (excludes halogenated alkanes) is 1. The van der Waals surface area contributed by atoms with Crippen molar-refractivity contribution in [3.63, 3.8) is 0 Å². The SMILES string of the molecule is CCCCNC(=O)C(C)N(Cc1ccc(OC)cc1)C(=O)CN(c1ccc(F)cc1)S(=O)(=O)c1ccc2c(c1)OCCO2. The molecule has 1 aliphatic rings. The molecule has 0 saturated carbocycles. The van der Waals surface area contributed by atoms with Gasteiger partial charge in [-0.25, -0.2) is 12.8 Å². The van der Waals surface area contributed by atoms with Gasteiger partial charge in [0.25, 0.3) is 10.0 Å². The summed E-state index contributed by atoms with van der Waals surface area (Å²) in [6.07, 6.45) is 1.66. The molecule has 0 bridgehead atoms. The Labute approximate surface area is 251 Å². The molecule has 0 aliphatic carbocycles. The zero-order valence-corrected chi connectivity index (χ0v) is 25.2. The predicted molar refractivity (Wildman–Crippen MR) is 159 cm³/mol. The quantitative estimate of drug-likeness (QED) is 0.288. The van der Waals surface area contributed by atoms with Crippen molar-refractivity contribution in [2.75, 3.05) is 37.7 Å². The van der Waals surface area contributed by atoms with Crippen LogP contribution in [-0.2, 0) is 26.2 Å². The number of nitrogens with zero attached hydrogens (tertiary/aromatic N) is 2. The third kappa shape index (κ3) is 7.75. The van der Waals surface area contributed by atoms with Crippen LogP contribution in [0.5, 0.6) is 17.2 Å². The largest absolute Gasteiger partial charge is 0.497 e. The first-order chi connectivity index (χ1) is 20.6. The smallest absolute Gasteiger partial charge is 0.264 e. The minimum atomic E-state index is -4.36. The van der Waals surface area contributed by atoms with Gasteiger partial charge in [0.2, 0.25) is 11.8 Å². The normalized spacial score (nSPS) is 13.1. The molecule has 230 valence electrons. The molecule has 0 aromatic heterocycles. The van der Waals surface area contributed by atoms with Crippen molar-refractivity contribution in [2.24, 2.45) is 0 Å². The van der Waals surface area contributed by atoms with Crippen LogP contribution in [0.2, 0.25) is 0 Å². The Morgan fingerprint density at radius 2 is 1.67 bits per heavy atom. The van der Waals surface area contributed by atoms with Gasteiger partial charge in [0.05, 0.1) is 17.7 Å². The molecule has 0 radical (unpaired) electrons. The average molecular weight is 614 g/mol. The standard InChI is InChI=1S/C31H36FN3O7S/c1-4-5-16-33-31(37)22(2)34(20-23-6-12-26(40-3)13-7-23)30(36)21-35(25-10-8-24(32)9-11-25)43(38,39)27-14-15-28-29(19-27)42-18-17-41-28/h6-15,19,22H,4-5,16-18,20-21H2,1-3H3,(H,33,37). The summed E-state index contributed by atoms with van der Waals surface area (Å²) in [6.45, 7) is 4.03. The van der Waals surface area contributed by atoms with Gasteiger partial charge in [-0.2, -0.15) is 0 Å². The highest BCUT2D eigenvalue weighted by molar-refractivity contribution is 7.92. The van der Waals surface area contributed by atoms with E-state index in [4.69, 9.17) is 14.2 Å². The lowest BCUT2D eigenvalue weighted by Crippen LogP contribution is -2.51. The summed E-state index contributed by atoms with van der Waals surface area (Å²) >= 11 is 0. The van der Waals surface area contributed by atoms with E-state index < -0.39 is 34.3 Å². The highest BCUT2D eigenvalue weighted by atomic mass is 32.2. The second-order valence-electron chi connectivity index (χ2n) is 9.98. The van der Waals surface area contributed by atoms with E-state index in [2.05, 4.69) is 5.32 Å². The molecule has 2 amide bonds. The summed E-state index contributed by atoms with van der Waals surface area (Å²) in [6, 6.07) is 15.1. The van der Waals surface area contributed by atoms with Crippen LogP contribution in [0.3, 0.4) is 0 Å². The molecule has 4 rings (SSSR count). The van der Waals surface area contributed by atoms with E-state index in [1.807, 2.05) is 6.92 Å². The second-order valence-corrected chi connectivity index (χ2v) is 11.8. The van der Waals surface area contributed by atoms with Crippen LogP contribution in [0.15, 0.2) is 71.6 Å². The maximum Gasteiger partial charge on any atom is 0.264 e. The maximum absolute atomic E-state index is 14.0. The fourth-order valence-corrected chi connectivity index (χ4v) is 5.92. The first-order valence-corrected chi connectivity index (χ1v) is 15.5. The number of carbonyl (C=O) groups is 2. The zero-order valence-electron chi connectivity index (χ0n) is 24.4. The molecule has 0 saturated heterocycles. The third-order valence-corrected chi connectivity index (χ3v) is 8.77. The van der Waals surface area contributed by atoms with Gasteiger partial charge < -0.3 is 24.4 Å². The molecule has 1 aliphatic heterocycles. The van der Waals surface area contributed by atoms with Gasteiger partial charge in [0.1, 0.15) is 37.4 Å². The number of ether oxygens (including phenoxy) is 3. The van der Waals surface area contributed by atoms with Crippen molar-refractivity contribution in [1.29, 1.82) is 0 Å². The molecule has 0 spiro atoms. The number of sulfonamides is 1. The Morgan fingerprint density at radius 1 is 1.00 bits per heavy atom. The number of anilines is 1. The first-order valence-electron chi connectivity index (χ1n) is 14.0. The van der Waals surface area contributed by atoms with Crippen molar-refractivity contribution in [1.82, 2.24) is 10.2 Å². The Morgan fingerprint density at radius 3 is 2.33 bits per heavy atom. The lowest BCUT2D eigenvalue weighted by Gasteiger charge is -2.32. The van der Waals surface area contributed by atoms with Crippen molar-refractivity contribution in [3.05, 3.63) is 78.1 Å². The van der Waals surface area contributed by atoms with E-state index >= 15 is 0 Å². The number of nitrogens with one attached hydrogen (secondary N) is 1. The van der Waals surface area contributed by atoms with Crippen LogP contribution in [0.4, 0.5) is 10.1 Å². The number of carbonyl (C=O) groups excluding carboxylic acids is 2. The number of hydrogen-bond acceptors (Lipinski definition) is 7. The Kier molecular flexibility index (Phi) is 10.5. The van der Waals surface area contributed by atoms with Crippen molar-refractivity contribution in [3.8, 4) is 17.2 Å². The molecular weight excluding hydrogens is 577 g/mol.